The molecule has 3 aromatic rings. The van der Waals surface area contributed by atoms with E-state index in [1.165, 1.54) is 24.1 Å². The van der Waals surface area contributed by atoms with Gasteiger partial charge in [0.1, 0.15) is 11.7 Å². The summed E-state index contributed by atoms with van der Waals surface area (Å²) in [6.07, 6.45) is -1.94. The fourth-order valence-corrected chi connectivity index (χ4v) is 5.69. The van der Waals surface area contributed by atoms with Crippen molar-refractivity contribution < 1.29 is 46.7 Å². The van der Waals surface area contributed by atoms with Gasteiger partial charge in [-0.3, -0.25) is 15.1 Å². The summed E-state index contributed by atoms with van der Waals surface area (Å²) in [5.41, 5.74) is 6.37. The summed E-state index contributed by atoms with van der Waals surface area (Å²) in [5, 5.41) is 17.9. The second-order valence-corrected chi connectivity index (χ2v) is 10.1. The van der Waals surface area contributed by atoms with Crippen molar-refractivity contribution in [2.75, 3.05) is 19.1 Å². The van der Waals surface area contributed by atoms with E-state index in [1.54, 1.807) is 61.7 Å². The molecule has 0 radical (unpaired) electrons. The van der Waals surface area contributed by atoms with Gasteiger partial charge >= 0.3 is 18.2 Å². The van der Waals surface area contributed by atoms with Gasteiger partial charge in [0.2, 0.25) is 0 Å². The second kappa shape index (κ2) is 13.5. The number of aromatic nitrogens is 1. The molecule has 2 amide bonds. The zero-order valence-corrected chi connectivity index (χ0v) is 24.3. The van der Waals surface area contributed by atoms with Crippen LogP contribution < -0.4 is 30.2 Å². The Morgan fingerprint density at radius 2 is 1.82 bits per heavy atom. The molecule has 45 heavy (non-hydrogen) atoms. The number of amides is 2. The van der Waals surface area contributed by atoms with Crippen LogP contribution in [0.2, 0.25) is 0 Å². The maximum absolute atomic E-state index is 13.6. The number of rotatable bonds is 6. The number of alkyl halides is 3. The van der Waals surface area contributed by atoms with E-state index in [9.17, 15) is 28.0 Å². The van der Waals surface area contributed by atoms with Crippen molar-refractivity contribution in [3.63, 3.8) is 0 Å². The Morgan fingerprint density at radius 1 is 1.13 bits per heavy atom. The van der Waals surface area contributed by atoms with Gasteiger partial charge in [-0.2, -0.15) is 23.9 Å². The average molecular weight is 627 g/mol. The van der Waals surface area contributed by atoms with E-state index in [0.717, 1.165) is 12.1 Å². The molecule has 236 valence electrons. The van der Waals surface area contributed by atoms with Gasteiger partial charge in [-0.15, -0.1) is 0 Å². The summed E-state index contributed by atoms with van der Waals surface area (Å²) in [4.78, 5) is 38.0. The number of carbonyl (C=O) groups is 3. The monoisotopic (exact) mass is 626 g/mol. The minimum atomic E-state index is -4.59. The van der Waals surface area contributed by atoms with Crippen molar-refractivity contribution >= 4 is 24.2 Å². The molecule has 2 aliphatic rings. The number of pyridine rings is 1. The van der Waals surface area contributed by atoms with Gasteiger partial charge in [0.05, 0.1) is 37.5 Å². The number of nitriles is 1. The molecular weight excluding hydrogens is 597 g/mol. The number of nitrogens with one attached hydrogen (secondary N) is 2. The first kappa shape index (κ1) is 32.6. The number of methoxy groups -OCH3 is 2. The number of nitrogens with zero attached hydrogens (tertiary/aromatic N) is 4. The summed E-state index contributed by atoms with van der Waals surface area (Å²) in [5.74, 6) is -1.00. The van der Waals surface area contributed by atoms with E-state index in [0.29, 0.717) is 29.0 Å². The molecule has 15 heteroatoms. The maximum atomic E-state index is 13.6. The Balaban J connectivity index is 0.00000148. The lowest BCUT2D eigenvalue weighted by molar-refractivity contribution is -0.688. The topological polar surface area (TPSA) is 151 Å². The van der Waals surface area contributed by atoms with E-state index in [2.05, 4.69) is 16.9 Å². The molecule has 0 bridgehead atoms. The largest absolute Gasteiger partial charge is 0.554 e. The number of carboxylic acid groups (broad SMARTS) is 1. The number of carbonyl (C=O) groups excluding carboxylic acids is 3. The molecule has 12 nitrogen and oxygen atoms in total. The number of esters is 1. The highest BCUT2D eigenvalue weighted by Gasteiger charge is 2.55. The van der Waals surface area contributed by atoms with Crippen LogP contribution in [0.3, 0.4) is 0 Å². The van der Waals surface area contributed by atoms with E-state index in [4.69, 9.17) is 19.4 Å². The molecular formula is C30H29F3N6O6. The summed E-state index contributed by atoms with van der Waals surface area (Å²) in [6, 6.07) is 13.2. The van der Waals surface area contributed by atoms with Gasteiger partial charge in [0.25, 0.3) is 0 Å². The molecule has 3 heterocycles. The van der Waals surface area contributed by atoms with Crippen LogP contribution in [0.4, 0.5) is 23.7 Å². The van der Waals surface area contributed by atoms with Gasteiger partial charge in [0.15, 0.2) is 25.2 Å². The van der Waals surface area contributed by atoms with Crippen LogP contribution in [0.5, 0.6) is 5.75 Å². The lowest BCUT2D eigenvalue weighted by Gasteiger charge is -2.51. The van der Waals surface area contributed by atoms with E-state index >= 15 is 0 Å². The molecule has 0 aliphatic carbocycles. The first-order valence-electron chi connectivity index (χ1n) is 13.5. The van der Waals surface area contributed by atoms with Crippen LogP contribution in [0.1, 0.15) is 35.2 Å². The van der Waals surface area contributed by atoms with Crippen molar-refractivity contribution in [1.29, 1.82) is 5.26 Å². The van der Waals surface area contributed by atoms with Crippen molar-refractivity contribution in [2.24, 2.45) is 5.92 Å². The summed E-state index contributed by atoms with van der Waals surface area (Å²) in [6.45, 7) is 1.50. The molecule has 2 fully saturated rings. The highest BCUT2D eigenvalue weighted by Crippen LogP contribution is 2.45. The van der Waals surface area contributed by atoms with E-state index in [1.807, 2.05) is 4.57 Å². The SMILES string of the molecule is COC(=O)C1C(C)N(c2cccc(C(F)(F)F)c2)C2NNC(=O)N2[C@H]1c1ccc(C#N)cc1C[n+]1ccc(OC)cc1.O=C[O-]. The van der Waals surface area contributed by atoms with Crippen molar-refractivity contribution in [3.05, 3.63) is 89.2 Å². The van der Waals surface area contributed by atoms with Gasteiger partial charge in [-0.05, 0) is 42.8 Å². The molecule has 2 N–H and O–H groups in total. The number of urea groups is 1. The maximum Gasteiger partial charge on any atom is 0.416 e. The van der Waals surface area contributed by atoms with Gasteiger partial charge in [0, 0.05) is 35.9 Å². The van der Waals surface area contributed by atoms with Crippen LogP contribution in [-0.2, 0) is 27.0 Å². The number of hydrogen-bond donors (Lipinski definition) is 2. The molecule has 0 spiro atoms. The number of hydrazine groups is 1. The lowest BCUT2D eigenvalue weighted by Crippen LogP contribution is -2.65. The molecule has 0 saturated carbocycles. The van der Waals surface area contributed by atoms with Gasteiger partial charge in [-0.25, -0.2) is 9.36 Å². The van der Waals surface area contributed by atoms with Crippen LogP contribution in [0, 0.1) is 17.2 Å². The molecule has 4 atom stereocenters. The molecule has 2 saturated heterocycles. The normalized spacial score (nSPS) is 20.6. The van der Waals surface area contributed by atoms with Crippen molar-refractivity contribution in [2.45, 2.75) is 38.0 Å². The third-order valence-electron chi connectivity index (χ3n) is 7.65. The van der Waals surface area contributed by atoms with Crippen LogP contribution >= 0.6 is 0 Å². The number of benzene rings is 2. The third-order valence-corrected chi connectivity index (χ3v) is 7.65. The number of hydrogen-bond acceptors (Lipinski definition) is 9. The number of ether oxygens (including phenoxy) is 2. The minimum absolute atomic E-state index is 0.164. The Morgan fingerprint density at radius 3 is 2.42 bits per heavy atom. The van der Waals surface area contributed by atoms with Gasteiger partial charge < -0.3 is 24.3 Å². The predicted octanol–water partition coefficient (Wildman–Crippen LogP) is 1.84. The number of anilines is 1. The Bertz CT molecular complexity index is 1600. The zero-order chi connectivity index (χ0) is 32.9. The molecule has 2 aliphatic heterocycles. The van der Waals surface area contributed by atoms with Crippen LogP contribution in [-0.4, -0.2) is 49.9 Å². The summed E-state index contributed by atoms with van der Waals surface area (Å²) >= 11 is 0. The molecule has 2 aromatic carbocycles. The predicted molar refractivity (Wildman–Crippen MR) is 148 cm³/mol. The fraction of sp³-hybridized carbons (Fsp3) is 0.300. The molecule has 1 aromatic heterocycles. The second-order valence-electron chi connectivity index (χ2n) is 10.1. The zero-order valence-electron chi connectivity index (χ0n) is 24.3. The third kappa shape index (κ3) is 6.60. The summed E-state index contributed by atoms with van der Waals surface area (Å²) in [7, 11) is 2.78. The smallest absolute Gasteiger partial charge is 0.416 e. The standard InChI is InChI=1S/C29H27F3N6O4.CH2O2/c1-17-24(26(39)42-3)25(23-8-7-18(15-33)13-19(23)16-36-11-9-22(41-2)10-12-36)38-27(34-35-28(38)40)37(17)21-6-4-5-20(14-21)29(30,31)32;2-1-3/h4-14,17,24-25,27,34H,16H2,1-3H3;1H,(H,2,3)/t17?,24?,25-,27?;/m0./s1. The number of fused-ring (bicyclic) bond motifs is 1. The molecule has 5 rings (SSSR count). The Labute approximate surface area is 256 Å². The van der Waals surface area contributed by atoms with Crippen LogP contribution in [0.25, 0.3) is 0 Å². The minimum Gasteiger partial charge on any atom is -0.554 e. The quantitative estimate of drug-likeness (QED) is 0.237. The Kier molecular flexibility index (Phi) is 9.78. The van der Waals surface area contributed by atoms with Crippen molar-refractivity contribution in [1.82, 2.24) is 15.8 Å². The van der Waals surface area contributed by atoms with Crippen molar-refractivity contribution in [3.8, 4) is 11.8 Å². The first-order valence-corrected chi connectivity index (χ1v) is 13.5. The Hall–Kier alpha value is -5.36. The highest BCUT2D eigenvalue weighted by atomic mass is 19.4. The molecule has 3 unspecified atom stereocenters. The first-order chi connectivity index (χ1) is 21.5. The lowest BCUT2D eigenvalue weighted by atomic mass is 9.81. The number of halogens is 3. The van der Waals surface area contributed by atoms with Gasteiger partial charge in [-0.1, -0.05) is 12.1 Å². The summed E-state index contributed by atoms with van der Waals surface area (Å²) < 4.78 is 53.1. The van der Waals surface area contributed by atoms with Crippen LogP contribution in [0.15, 0.2) is 67.0 Å². The average Bonchev–Trinajstić information content (AvgIpc) is 3.41. The highest BCUT2D eigenvalue weighted by molar-refractivity contribution is 5.82. The fourth-order valence-electron chi connectivity index (χ4n) is 5.69. The van der Waals surface area contributed by atoms with E-state index in [-0.39, 0.29) is 5.69 Å². The van der Waals surface area contributed by atoms with E-state index < -0.39 is 54.5 Å².